The lowest BCUT2D eigenvalue weighted by Gasteiger charge is -2.26. The van der Waals surface area contributed by atoms with E-state index in [1.807, 2.05) is 12.1 Å². The highest BCUT2D eigenvalue weighted by atomic mass is 16.5. The van der Waals surface area contributed by atoms with Crippen molar-refractivity contribution >= 4 is 23.3 Å². The monoisotopic (exact) mass is 422 g/mol. The van der Waals surface area contributed by atoms with E-state index in [1.165, 1.54) is 6.20 Å². The van der Waals surface area contributed by atoms with Gasteiger partial charge in [0.2, 0.25) is 11.8 Å². The smallest absolute Gasteiger partial charge is 0.237 e. The molecular formula is C21H14N10O. The summed E-state index contributed by atoms with van der Waals surface area (Å²) in [5.41, 5.74) is 13.8. The van der Waals surface area contributed by atoms with Crippen LogP contribution >= 0.6 is 0 Å². The second-order valence-corrected chi connectivity index (χ2v) is 6.54. The molecule has 2 aromatic heterocycles. The number of nitrogen functional groups attached to an aromatic ring is 2. The zero-order chi connectivity index (χ0) is 22.7. The molecule has 0 amide bonds. The minimum absolute atomic E-state index is 0.0272. The first kappa shape index (κ1) is 20.0. The summed E-state index contributed by atoms with van der Waals surface area (Å²) < 4.78 is 5.71. The number of rotatable bonds is 3. The third kappa shape index (κ3) is 3.52. The first-order valence-electron chi connectivity index (χ1n) is 9.17. The highest BCUT2D eigenvalue weighted by Crippen LogP contribution is 2.40. The van der Waals surface area contributed by atoms with Crippen molar-refractivity contribution in [1.82, 2.24) is 15.3 Å². The van der Waals surface area contributed by atoms with Crippen LogP contribution in [0.1, 0.15) is 28.3 Å². The topological polar surface area (TPSA) is 195 Å². The Morgan fingerprint density at radius 2 is 1.84 bits per heavy atom. The van der Waals surface area contributed by atoms with Crippen molar-refractivity contribution in [3.8, 4) is 30.0 Å². The van der Waals surface area contributed by atoms with E-state index in [1.54, 1.807) is 42.6 Å². The zero-order valence-electron chi connectivity index (χ0n) is 16.4. The van der Waals surface area contributed by atoms with Gasteiger partial charge in [-0.3, -0.25) is 5.32 Å². The molecule has 3 aromatic rings. The molecule has 154 valence electrons. The SMILES string of the molecule is N#CNC1=NC(c2ccc(Oc3ncccc3C#N)cc2)c2c(nc(N)c(C#N)c2N)N1. The van der Waals surface area contributed by atoms with Crippen molar-refractivity contribution in [3.63, 3.8) is 0 Å². The molecule has 1 aliphatic rings. The number of aliphatic imine (C=N–C) groups is 1. The molecule has 0 radical (unpaired) electrons. The maximum absolute atomic E-state index is 9.41. The number of nitrogens with two attached hydrogens (primary N) is 2. The van der Waals surface area contributed by atoms with Gasteiger partial charge in [0, 0.05) is 11.8 Å². The molecule has 0 saturated heterocycles. The molecule has 0 bridgehead atoms. The summed E-state index contributed by atoms with van der Waals surface area (Å²) >= 11 is 0. The van der Waals surface area contributed by atoms with E-state index >= 15 is 0 Å². The number of guanidine groups is 1. The zero-order valence-corrected chi connectivity index (χ0v) is 16.4. The molecule has 11 heteroatoms. The molecule has 0 saturated carbocycles. The number of ether oxygens (including phenoxy) is 1. The standard InChI is InChI=1S/C21H14N10O/c22-8-12-2-1-7-27-20(12)32-13-5-3-11(4-6-13)17-15-16(25)14(9-23)18(26)30-19(15)31-21(29-17)28-10-24/h1-7,17H,(H6,25,26,28,29,30,31). The van der Waals surface area contributed by atoms with Crippen molar-refractivity contribution in [2.45, 2.75) is 6.04 Å². The number of hydrogen-bond acceptors (Lipinski definition) is 11. The van der Waals surface area contributed by atoms with Gasteiger partial charge in [0.15, 0.2) is 6.19 Å². The van der Waals surface area contributed by atoms with E-state index in [0.717, 1.165) is 0 Å². The Balaban J connectivity index is 1.74. The van der Waals surface area contributed by atoms with Crippen LogP contribution in [0.3, 0.4) is 0 Å². The lowest BCUT2D eigenvalue weighted by Crippen LogP contribution is -2.32. The van der Waals surface area contributed by atoms with Crippen molar-refractivity contribution < 1.29 is 4.74 Å². The molecule has 1 aliphatic heterocycles. The lowest BCUT2D eigenvalue weighted by molar-refractivity contribution is 0.461. The van der Waals surface area contributed by atoms with Gasteiger partial charge in [0.25, 0.3) is 0 Å². The molecule has 0 fully saturated rings. The van der Waals surface area contributed by atoms with Gasteiger partial charge < -0.3 is 21.5 Å². The molecule has 0 spiro atoms. The summed E-state index contributed by atoms with van der Waals surface area (Å²) in [4.78, 5) is 12.8. The predicted octanol–water partition coefficient (Wildman–Crippen LogP) is 2.12. The summed E-state index contributed by atoms with van der Waals surface area (Å²) in [6.07, 6.45) is 3.33. The second-order valence-electron chi connectivity index (χ2n) is 6.54. The third-order valence-corrected chi connectivity index (χ3v) is 4.66. The lowest BCUT2D eigenvalue weighted by atomic mass is 9.95. The van der Waals surface area contributed by atoms with Crippen LogP contribution in [-0.4, -0.2) is 15.9 Å². The molecule has 0 aliphatic carbocycles. The van der Waals surface area contributed by atoms with Crippen LogP contribution in [-0.2, 0) is 0 Å². The largest absolute Gasteiger partial charge is 0.438 e. The maximum Gasteiger partial charge on any atom is 0.237 e. The summed E-state index contributed by atoms with van der Waals surface area (Å²) in [6, 6.07) is 13.4. The summed E-state index contributed by atoms with van der Waals surface area (Å²) in [5.74, 6) is 1.08. The van der Waals surface area contributed by atoms with Crippen LogP contribution in [0.4, 0.5) is 17.3 Å². The van der Waals surface area contributed by atoms with Gasteiger partial charge in [0.05, 0.1) is 5.69 Å². The Morgan fingerprint density at radius 3 is 2.53 bits per heavy atom. The normalized spacial score (nSPS) is 13.9. The number of fused-ring (bicyclic) bond motifs is 1. The Hall–Kier alpha value is -5.34. The van der Waals surface area contributed by atoms with Crippen molar-refractivity contribution in [1.29, 1.82) is 15.8 Å². The van der Waals surface area contributed by atoms with Crippen LogP contribution < -0.4 is 26.8 Å². The van der Waals surface area contributed by atoms with E-state index in [2.05, 4.69) is 25.6 Å². The fourth-order valence-corrected chi connectivity index (χ4v) is 3.21. The highest BCUT2D eigenvalue weighted by Gasteiger charge is 2.29. The van der Waals surface area contributed by atoms with Crippen LogP contribution in [0, 0.1) is 34.1 Å². The second kappa shape index (κ2) is 8.19. The van der Waals surface area contributed by atoms with E-state index in [4.69, 9.17) is 21.5 Å². The van der Waals surface area contributed by atoms with E-state index in [-0.39, 0.29) is 28.9 Å². The van der Waals surface area contributed by atoms with Gasteiger partial charge in [-0.25, -0.2) is 15.0 Å². The first-order chi connectivity index (χ1) is 15.5. The number of hydrogen-bond donors (Lipinski definition) is 4. The summed E-state index contributed by atoms with van der Waals surface area (Å²) in [5, 5.41) is 32.9. The van der Waals surface area contributed by atoms with Crippen LogP contribution in [0.25, 0.3) is 0 Å². The fraction of sp³-hybridized carbons (Fsp3) is 0.0476. The highest BCUT2D eigenvalue weighted by molar-refractivity contribution is 5.98. The Labute approximate surface area is 182 Å². The van der Waals surface area contributed by atoms with Gasteiger partial charge in [-0.15, -0.1) is 0 Å². The molecule has 3 heterocycles. The number of nitrogens with zero attached hydrogens (tertiary/aromatic N) is 6. The number of anilines is 3. The van der Waals surface area contributed by atoms with Crippen LogP contribution in [0.2, 0.25) is 0 Å². The van der Waals surface area contributed by atoms with Crippen molar-refractivity contribution in [3.05, 3.63) is 64.8 Å². The molecule has 1 atom stereocenters. The quantitative estimate of drug-likeness (QED) is 0.358. The maximum atomic E-state index is 9.41. The number of pyridine rings is 2. The van der Waals surface area contributed by atoms with Gasteiger partial charge in [-0.05, 0) is 29.8 Å². The van der Waals surface area contributed by atoms with Crippen molar-refractivity contribution in [2.75, 3.05) is 16.8 Å². The van der Waals surface area contributed by atoms with Gasteiger partial charge >= 0.3 is 0 Å². The van der Waals surface area contributed by atoms with Gasteiger partial charge in [0.1, 0.15) is 46.7 Å². The summed E-state index contributed by atoms with van der Waals surface area (Å²) in [7, 11) is 0. The van der Waals surface area contributed by atoms with Gasteiger partial charge in [-0.2, -0.15) is 15.8 Å². The predicted molar refractivity (Wildman–Crippen MR) is 115 cm³/mol. The van der Waals surface area contributed by atoms with E-state index in [9.17, 15) is 10.5 Å². The van der Waals surface area contributed by atoms with Crippen molar-refractivity contribution in [2.24, 2.45) is 4.99 Å². The molecule has 32 heavy (non-hydrogen) atoms. The number of nitrogens with one attached hydrogen (secondary N) is 2. The molecular weight excluding hydrogens is 408 g/mol. The Morgan fingerprint density at radius 1 is 1.06 bits per heavy atom. The molecule has 6 N–H and O–H groups in total. The Bertz CT molecular complexity index is 1360. The number of aromatic nitrogens is 2. The Kier molecular flexibility index (Phi) is 5.10. The van der Waals surface area contributed by atoms with E-state index < -0.39 is 6.04 Å². The average molecular weight is 422 g/mol. The first-order valence-corrected chi connectivity index (χ1v) is 9.17. The number of nitriles is 3. The molecule has 1 unspecified atom stereocenters. The third-order valence-electron chi connectivity index (χ3n) is 4.66. The van der Waals surface area contributed by atoms with Gasteiger partial charge in [-0.1, -0.05) is 12.1 Å². The van der Waals surface area contributed by atoms with Crippen LogP contribution in [0.5, 0.6) is 11.6 Å². The molecule has 11 nitrogen and oxygen atoms in total. The number of benzene rings is 1. The average Bonchev–Trinajstić information content (AvgIpc) is 2.80. The van der Waals surface area contributed by atoms with Crippen LogP contribution in [0.15, 0.2) is 47.6 Å². The minimum Gasteiger partial charge on any atom is -0.438 e. The molecule has 1 aromatic carbocycles. The van der Waals surface area contributed by atoms with E-state index in [0.29, 0.717) is 28.3 Å². The molecule has 4 rings (SSSR count). The fourth-order valence-electron chi connectivity index (χ4n) is 3.21. The summed E-state index contributed by atoms with van der Waals surface area (Å²) in [6.45, 7) is 0. The minimum atomic E-state index is -0.666.